The predicted octanol–water partition coefficient (Wildman–Crippen LogP) is 4.48. The molecule has 0 amide bonds. The van der Waals surface area contributed by atoms with E-state index >= 15 is 0 Å². The summed E-state index contributed by atoms with van der Waals surface area (Å²) in [5, 5.41) is 11.6. The summed E-state index contributed by atoms with van der Waals surface area (Å²) in [4.78, 5) is 0. The monoisotopic (exact) mass is 323 g/mol. The van der Waals surface area contributed by atoms with Crippen molar-refractivity contribution in [1.29, 1.82) is 0 Å². The Morgan fingerprint density at radius 3 is 2.50 bits per heavy atom. The van der Waals surface area contributed by atoms with E-state index in [9.17, 15) is 0 Å². The number of para-hydroxylation sites is 1. The molecule has 0 saturated heterocycles. The van der Waals surface area contributed by atoms with Crippen LogP contribution in [-0.4, -0.2) is 17.3 Å². The number of ether oxygens (including phenoxy) is 1. The Hall–Kier alpha value is -2.82. The van der Waals surface area contributed by atoms with E-state index < -0.39 is 0 Å². The number of nitrogens with zero attached hydrogens (tertiary/aromatic N) is 2. The summed E-state index contributed by atoms with van der Waals surface area (Å²) < 4.78 is 10.9. The molecular weight excluding hydrogens is 302 g/mol. The molecule has 0 aliphatic heterocycles. The van der Waals surface area contributed by atoms with E-state index in [1.165, 1.54) is 5.56 Å². The fourth-order valence-corrected chi connectivity index (χ4v) is 2.51. The Morgan fingerprint density at radius 2 is 1.79 bits per heavy atom. The van der Waals surface area contributed by atoms with Crippen molar-refractivity contribution in [3.8, 4) is 17.2 Å². The van der Waals surface area contributed by atoms with E-state index in [1.54, 1.807) is 7.11 Å². The third-order valence-electron chi connectivity index (χ3n) is 3.82. The van der Waals surface area contributed by atoms with Gasteiger partial charge >= 0.3 is 0 Å². The largest absolute Gasteiger partial charge is 0.497 e. The van der Waals surface area contributed by atoms with Crippen molar-refractivity contribution in [3.63, 3.8) is 0 Å². The zero-order valence-corrected chi connectivity index (χ0v) is 14.1. The molecule has 0 radical (unpaired) electrons. The van der Waals surface area contributed by atoms with Crippen molar-refractivity contribution in [2.45, 2.75) is 26.3 Å². The van der Waals surface area contributed by atoms with Crippen LogP contribution in [0.2, 0.25) is 0 Å². The minimum absolute atomic E-state index is 0.450. The number of hydrogen-bond acceptors (Lipinski definition) is 5. The average molecular weight is 323 g/mol. The topological polar surface area (TPSA) is 60.2 Å². The van der Waals surface area contributed by atoms with Crippen molar-refractivity contribution in [3.05, 3.63) is 60.0 Å². The minimum Gasteiger partial charge on any atom is -0.497 e. The molecule has 5 heteroatoms. The molecular formula is C19H21N3O2. The van der Waals surface area contributed by atoms with Crippen LogP contribution in [-0.2, 0) is 6.54 Å². The highest BCUT2D eigenvalue weighted by Gasteiger charge is 2.10. The smallest absolute Gasteiger partial charge is 0.247 e. The molecule has 0 unspecified atom stereocenters. The van der Waals surface area contributed by atoms with Crippen LogP contribution in [0.3, 0.4) is 0 Å². The molecule has 2 aromatic carbocycles. The average Bonchev–Trinajstić information content (AvgIpc) is 3.09. The highest BCUT2D eigenvalue weighted by molar-refractivity contribution is 5.54. The molecule has 124 valence electrons. The zero-order valence-electron chi connectivity index (χ0n) is 14.1. The molecule has 3 aromatic rings. The van der Waals surface area contributed by atoms with Gasteiger partial charge in [0.1, 0.15) is 5.75 Å². The van der Waals surface area contributed by atoms with Gasteiger partial charge in [0.25, 0.3) is 0 Å². The normalized spacial score (nSPS) is 10.8. The lowest BCUT2D eigenvalue weighted by Crippen LogP contribution is -2.03. The van der Waals surface area contributed by atoms with Gasteiger partial charge in [-0.3, -0.25) is 0 Å². The third-order valence-corrected chi connectivity index (χ3v) is 3.82. The van der Waals surface area contributed by atoms with Crippen LogP contribution in [0.4, 0.5) is 5.69 Å². The molecule has 1 heterocycles. The molecule has 0 saturated carbocycles. The summed E-state index contributed by atoms with van der Waals surface area (Å²) in [7, 11) is 1.64. The van der Waals surface area contributed by atoms with E-state index in [-0.39, 0.29) is 0 Å². The lowest BCUT2D eigenvalue weighted by Gasteiger charge is -2.13. The number of rotatable bonds is 6. The maximum atomic E-state index is 5.74. The van der Waals surface area contributed by atoms with Crippen LogP contribution in [0.15, 0.2) is 52.9 Å². The van der Waals surface area contributed by atoms with E-state index in [0.717, 1.165) is 17.0 Å². The Morgan fingerprint density at radius 1 is 1.04 bits per heavy atom. The minimum atomic E-state index is 0.450. The van der Waals surface area contributed by atoms with Gasteiger partial charge in [0, 0.05) is 11.3 Å². The second kappa shape index (κ2) is 7.17. The van der Waals surface area contributed by atoms with Crippen LogP contribution in [0.1, 0.15) is 31.2 Å². The standard InChI is InChI=1S/C19H21N3O2/c1-13(2)16-6-4-5-7-17(16)20-12-18-21-22-19(24-18)14-8-10-15(23-3)11-9-14/h4-11,13,20H,12H2,1-3H3. The highest BCUT2D eigenvalue weighted by Crippen LogP contribution is 2.25. The van der Waals surface area contributed by atoms with Gasteiger partial charge < -0.3 is 14.5 Å². The summed E-state index contributed by atoms with van der Waals surface area (Å²) in [6.45, 7) is 4.84. The Kier molecular flexibility index (Phi) is 4.79. The van der Waals surface area contributed by atoms with Gasteiger partial charge in [-0.05, 0) is 41.8 Å². The first-order valence-electron chi connectivity index (χ1n) is 7.97. The number of methoxy groups -OCH3 is 1. The first-order valence-corrected chi connectivity index (χ1v) is 7.97. The van der Waals surface area contributed by atoms with Crippen LogP contribution in [0.5, 0.6) is 5.75 Å². The van der Waals surface area contributed by atoms with Crippen LogP contribution < -0.4 is 10.1 Å². The van der Waals surface area contributed by atoms with Crippen molar-refractivity contribution in [2.24, 2.45) is 0 Å². The molecule has 0 spiro atoms. The molecule has 24 heavy (non-hydrogen) atoms. The number of nitrogens with one attached hydrogen (secondary N) is 1. The predicted molar refractivity (Wildman–Crippen MR) is 94.1 cm³/mol. The van der Waals surface area contributed by atoms with E-state index in [4.69, 9.17) is 9.15 Å². The maximum Gasteiger partial charge on any atom is 0.247 e. The number of benzene rings is 2. The van der Waals surface area contributed by atoms with Crippen LogP contribution in [0, 0.1) is 0 Å². The van der Waals surface area contributed by atoms with E-state index in [0.29, 0.717) is 24.2 Å². The second-order valence-corrected chi connectivity index (χ2v) is 5.82. The molecule has 1 aromatic heterocycles. The van der Waals surface area contributed by atoms with Gasteiger partial charge in [-0.15, -0.1) is 10.2 Å². The zero-order chi connectivity index (χ0) is 16.9. The van der Waals surface area contributed by atoms with Crippen molar-refractivity contribution < 1.29 is 9.15 Å². The molecule has 0 atom stereocenters. The second-order valence-electron chi connectivity index (χ2n) is 5.82. The summed E-state index contributed by atoms with van der Waals surface area (Å²) in [5.41, 5.74) is 3.24. The first-order chi connectivity index (χ1) is 11.7. The number of anilines is 1. The van der Waals surface area contributed by atoms with Crippen molar-refractivity contribution in [2.75, 3.05) is 12.4 Å². The molecule has 0 fully saturated rings. The molecule has 1 N–H and O–H groups in total. The first kappa shape index (κ1) is 16.1. The molecule has 5 nitrogen and oxygen atoms in total. The van der Waals surface area contributed by atoms with Crippen molar-refractivity contribution in [1.82, 2.24) is 10.2 Å². The fraction of sp³-hybridized carbons (Fsp3) is 0.263. The molecule has 3 rings (SSSR count). The van der Waals surface area contributed by atoms with Crippen LogP contribution >= 0.6 is 0 Å². The third kappa shape index (κ3) is 3.56. The molecule has 0 aliphatic carbocycles. The quantitative estimate of drug-likeness (QED) is 0.724. The number of aromatic nitrogens is 2. The van der Waals surface area contributed by atoms with E-state index in [1.807, 2.05) is 30.3 Å². The lowest BCUT2D eigenvalue weighted by atomic mass is 10.0. The summed E-state index contributed by atoms with van der Waals surface area (Å²) in [6, 6.07) is 15.8. The number of hydrogen-bond donors (Lipinski definition) is 1. The van der Waals surface area contributed by atoms with Gasteiger partial charge in [0.05, 0.1) is 13.7 Å². The van der Waals surface area contributed by atoms with Gasteiger partial charge in [-0.25, -0.2) is 0 Å². The van der Waals surface area contributed by atoms with Crippen LogP contribution in [0.25, 0.3) is 11.5 Å². The Bertz CT molecular complexity index is 794. The SMILES string of the molecule is COc1ccc(-c2nnc(CNc3ccccc3C(C)C)o2)cc1. The Labute approximate surface area is 141 Å². The molecule has 0 bridgehead atoms. The summed E-state index contributed by atoms with van der Waals surface area (Å²) in [5.74, 6) is 2.31. The summed E-state index contributed by atoms with van der Waals surface area (Å²) >= 11 is 0. The maximum absolute atomic E-state index is 5.74. The lowest BCUT2D eigenvalue weighted by molar-refractivity contribution is 0.415. The van der Waals surface area contributed by atoms with Gasteiger partial charge in [0.15, 0.2) is 0 Å². The van der Waals surface area contributed by atoms with Gasteiger partial charge in [-0.2, -0.15) is 0 Å². The fourth-order valence-electron chi connectivity index (χ4n) is 2.51. The van der Waals surface area contributed by atoms with Gasteiger partial charge in [-0.1, -0.05) is 32.0 Å². The van der Waals surface area contributed by atoms with Gasteiger partial charge in [0.2, 0.25) is 11.8 Å². The van der Waals surface area contributed by atoms with Crippen molar-refractivity contribution >= 4 is 5.69 Å². The highest BCUT2D eigenvalue weighted by atomic mass is 16.5. The summed E-state index contributed by atoms with van der Waals surface area (Å²) in [6.07, 6.45) is 0. The van der Waals surface area contributed by atoms with E-state index in [2.05, 4.69) is 47.6 Å². The Balaban J connectivity index is 1.70. The molecule has 0 aliphatic rings.